The van der Waals surface area contributed by atoms with Crippen LogP contribution in [0.15, 0.2) is 0 Å². The highest BCUT2D eigenvalue weighted by Crippen LogP contribution is 1.96. The molecule has 0 aromatic heterocycles. The summed E-state index contributed by atoms with van der Waals surface area (Å²) in [4.78, 5) is 0. The van der Waals surface area contributed by atoms with Crippen LogP contribution in [0.3, 0.4) is 0 Å². The summed E-state index contributed by atoms with van der Waals surface area (Å²) in [5.41, 5.74) is 0. The van der Waals surface area contributed by atoms with Gasteiger partial charge in [-0.15, -0.1) is 5.21 Å². The van der Waals surface area contributed by atoms with Gasteiger partial charge in [0.1, 0.15) is 0 Å². The molecule has 0 atom stereocenters. The van der Waals surface area contributed by atoms with E-state index in [2.05, 4.69) is 0 Å². The molecular weight excluding hydrogens is 132 g/mol. The van der Waals surface area contributed by atoms with E-state index in [9.17, 15) is 5.21 Å². The van der Waals surface area contributed by atoms with Crippen LogP contribution >= 0.6 is 0 Å². The first kappa shape index (κ1) is 7.94. The minimum Gasteiger partial charge on any atom is -0.378 e. The van der Waals surface area contributed by atoms with Gasteiger partial charge in [0, 0.05) is 0 Å². The van der Waals surface area contributed by atoms with Crippen molar-refractivity contribution in [1.82, 2.24) is 10.2 Å². The van der Waals surface area contributed by atoms with Gasteiger partial charge in [-0.1, -0.05) is 5.01 Å². The van der Waals surface area contributed by atoms with Crippen molar-refractivity contribution in [3.8, 4) is 0 Å². The molecule has 0 spiro atoms. The van der Waals surface area contributed by atoms with Crippen LogP contribution in [0.1, 0.15) is 6.92 Å². The van der Waals surface area contributed by atoms with Gasteiger partial charge in [-0.05, 0) is 6.92 Å². The van der Waals surface area contributed by atoms with E-state index in [4.69, 9.17) is 4.74 Å². The molecule has 0 unspecified atom stereocenters. The molecule has 4 nitrogen and oxygen atoms in total. The molecule has 1 aliphatic rings. The molecule has 10 heavy (non-hydrogen) atoms. The van der Waals surface area contributed by atoms with E-state index in [-0.39, 0.29) is 0 Å². The number of hydroxylamine groups is 1. The van der Waals surface area contributed by atoms with E-state index in [0.29, 0.717) is 6.54 Å². The molecule has 59 valence electrons. The number of hydrogen-bond donors (Lipinski definition) is 1. The molecule has 1 fully saturated rings. The van der Waals surface area contributed by atoms with Gasteiger partial charge < -0.3 is 4.74 Å². The molecule has 1 aliphatic heterocycles. The van der Waals surface area contributed by atoms with Gasteiger partial charge in [0.15, 0.2) is 6.54 Å². The smallest absolute Gasteiger partial charge is 0.182 e. The van der Waals surface area contributed by atoms with E-state index in [1.54, 1.807) is 0 Å². The molecule has 0 aromatic rings. The lowest BCUT2D eigenvalue weighted by molar-refractivity contribution is -0.173. The van der Waals surface area contributed by atoms with Crippen molar-refractivity contribution in [1.29, 1.82) is 0 Å². The van der Waals surface area contributed by atoms with E-state index in [1.165, 1.54) is 5.17 Å². The molecule has 0 aliphatic carbocycles. The highest BCUT2D eigenvalue weighted by molar-refractivity contribution is 4.57. The van der Waals surface area contributed by atoms with E-state index >= 15 is 0 Å². The monoisotopic (exact) mass is 146 g/mol. The maximum Gasteiger partial charge on any atom is 0.182 e. The van der Waals surface area contributed by atoms with Crippen molar-refractivity contribution < 1.29 is 9.94 Å². The molecule has 0 aromatic carbocycles. The van der Waals surface area contributed by atoms with Crippen molar-refractivity contribution in [2.24, 2.45) is 0 Å². The minimum atomic E-state index is 0.639. The third kappa shape index (κ3) is 1.91. The van der Waals surface area contributed by atoms with Crippen LogP contribution in [-0.4, -0.2) is 43.1 Å². The minimum absolute atomic E-state index is 0.639. The van der Waals surface area contributed by atoms with Crippen LogP contribution in [0.4, 0.5) is 0 Å². The Hall–Kier alpha value is -0.160. The first-order chi connectivity index (χ1) is 4.84. The summed E-state index contributed by atoms with van der Waals surface area (Å²) in [6, 6.07) is 0. The fourth-order valence-electron chi connectivity index (χ4n) is 0.985. The normalized spacial score (nSPS) is 21.9. The van der Waals surface area contributed by atoms with Crippen molar-refractivity contribution in [2.45, 2.75) is 6.92 Å². The molecule has 0 bridgehead atoms. The zero-order chi connectivity index (χ0) is 7.40. The van der Waals surface area contributed by atoms with Crippen LogP contribution in [0.25, 0.3) is 0 Å². The summed E-state index contributed by atoms with van der Waals surface area (Å²) in [5.74, 6) is 0. The summed E-state index contributed by atoms with van der Waals surface area (Å²) in [6.07, 6.45) is 0. The predicted molar refractivity (Wildman–Crippen MR) is 36.9 cm³/mol. The molecule has 1 rings (SSSR count). The Kier molecular flexibility index (Phi) is 3.08. The van der Waals surface area contributed by atoms with Crippen molar-refractivity contribution >= 4 is 0 Å². The van der Waals surface area contributed by atoms with E-state index < -0.39 is 0 Å². The van der Waals surface area contributed by atoms with E-state index in [0.717, 1.165) is 26.3 Å². The Bertz CT molecular complexity index is 93.7. The SMILES string of the molecule is CC[N+](O)N1CCOCC1. The lowest BCUT2D eigenvalue weighted by atomic mass is 10.5. The quantitative estimate of drug-likeness (QED) is 0.432. The Morgan fingerprint density at radius 2 is 2.10 bits per heavy atom. The van der Waals surface area contributed by atoms with Gasteiger partial charge in [-0.25, -0.2) is 0 Å². The first-order valence-electron chi connectivity index (χ1n) is 3.63. The summed E-state index contributed by atoms with van der Waals surface area (Å²) in [5, 5.41) is 12.3. The standard InChI is InChI=1S/C6H14N2O2/c1-2-8(9)7-3-5-10-6-4-7/h9H,2-6H2,1H3/q+1. The average Bonchev–Trinajstić information content (AvgIpc) is 2.05. The highest BCUT2D eigenvalue weighted by Gasteiger charge is 2.24. The van der Waals surface area contributed by atoms with Gasteiger partial charge in [0.05, 0.1) is 31.5 Å². The number of morpholine rings is 1. The fourth-order valence-corrected chi connectivity index (χ4v) is 0.985. The summed E-state index contributed by atoms with van der Waals surface area (Å²) in [7, 11) is 0. The van der Waals surface area contributed by atoms with Gasteiger partial charge in [-0.2, -0.15) is 0 Å². The third-order valence-electron chi connectivity index (χ3n) is 1.60. The highest BCUT2D eigenvalue weighted by atomic mass is 16.6. The summed E-state index contributed by atoms with van der Waals surface area (Å²) in [6.45, 7) is 5.58. The molecule has 4 heteroatoms. The molecule has 1 radical (unpaired) electrons. The molecule has 1 saturated heterocycles. The number of nitrogens with zero attached hydrogens (tertiary/aromatic N) is 2. The van der Waals surface area contributed by atoms with Crippen LogP contribution in [0.2, 0.25) is 0 Å². The predicted octanol–water partition coefficient (Wildman–Crippen LogP) is -0.217. The maximum atomic E-state index is 9.19. The Morgan fingerprint density at radius 3 is 2.60 bits per heavy atom. The van der Waals surface area contributed by atoms with Gasteiger partial charge >= 0.3 is 0 Å². The number of ether oxygens (including phenoxy) is 1. The van der Waals surface area contributed by atoms with Crippen molar-refractivity contribution in [2.75, 3.05) is 32.8 Å². The fraction of sp³-hybridized carbons (Fsp3) is 1.00. The summed E-state index contributed by atoms with van der Waals surface area (Å²) >= 11 is 0. The number of hydrazine groups is 1. The van der Waals surface area contributed by atoms with Gasteiger partial charge in [-0.3, -0.25) is 0 Å². The number of hydrogen-bond acceptors (Lipinski definition) is 4. The number of rotatable bonds is 2. The second-order valence-corrected chi connectivity index (χ2v) is 2.25. The van der Waals surface area contributed by atoms with E-state index in [1.807, 2.05) is 11.9 Å². The summed E-state index contributed by atoms with van der Waals surface area (Å²) < 4.78 is 5.11. The Balaban J connectivity index is 2.24. The van der Waals surface area contributed by atoms with Gasteiger partial charge in [0.2, 0.25) is 0 Å². The zero-order valence-corrected chi connectivity index (χ0v) is 6.29. The third-order valence-corrected chi connectivity index (χ3v) is 1.60. The second-order valence-electron chi connectivity index (χ2n) is 2.25. The lowest BCUT2D eigenvalue weighted by Crippen LogP contribution is -2.50. The zero-order valence-electron chi connectivity index (χ0n) is 6.29. The topological polar surface area (TPSA) is 38.6 Å². The molecule has 0 amide bonds. The first-order valence-corrected chi connectivity index (χ1v) is 3.63. The van der Waals surface area contributed by atoms with Crippen LogP contribution in [0, 0.1) is 0 Å². The van der Waals surface area contributed by atoms with Crippen LogP contribution in [0.5, 0.6) is 0 Å². The van der Waals surface area contributed by atoms with Crippen molar-refractivity contribution in [3.05, 3.63) is 0 Å². The van der Waals surface area contributed by atoms with Gasteiger partial charge in [0.25, 0.3) is 0 Å². The Morgan fingerprint density at radius 1 is 1.50 bits per heavy atom. The molecule has 1 heterocycles. The molecular formula is C6H14N2O2+. The van der Waals surface area contributed by atoms with Crippen LogP contribution in [-0.2, 0) is 4.74 Å². The largest absolute Gasteiger partial charge is 0.378 e. The molecule has 0 saturated carbocycles. The maximum absolute atomic E-state index is 9.19. The average molecular weight is 146 g/mol. The molecule has 1 N–H and O–H groups in total. The van der Waals surface area contributed by atoms with Crippen molar-refractivity contribution in [3.63, 3.8) is 0 Å². The Labute approximate surface area is 60.9 Å². The lowest BCUT2D eigenvalue weighted by Gasteiger charge is -2.21. The van der Waals surface area contributed by atoms with Crippen LogP contribution < -0.4 is 5.17 Å². The second kappa shape index (κ2) is 3.88.